The van der Waals surface area contributed by atoms with Crippen LogP contribution in [0.25, 0.3) is 6.08 Å². The summed E-state index contributed by atoms with van der Waals surface area (Å²) in [6.45, 7) is 1.59. The fourth-order valence-corrected chi connectivity index (χ4v) is 2.40. The molecule has 2 aromatic rings. The van der Waals surface area contributed by atoms with E-state index in [0.29, 0.717) is 10.7 Å². The monoisotopic (exact) mass is 407 g/mol. The molecule has 0 spiro atoms. The summed E-state index contributed by atoms with van der Waals surface area (Å²) in [6.07, 6.45) is 2.82. The van der Waals surface area contributed by atoms with Crippen molar-refractivity contribution in [2.24, 2.45) is 0 Å². The standard InChI is InChI=1S/C18H15BrClNO3/c1-12-5-7-15(10-16(12)19)21-17(22)11-24-18(23)8-6-13-3-2-4-14(20)9-13/h2-10H,11H2,1H3,(H,21,22)/b8-6+. The Morgan fingerprint density at radius 3 is 2.75 bits per heavy atom. The highest BCUT2D eigenvalue weighted by atomic mass is 79.9. The SMILES string of the molecule is Cc1ccc(NC(=O)COC(=O)/C=C/c2cccc(Cl)c2)cc1Br. The molecular weight excluding hydrogens is 394 g/mol. The van der Waals surface area contributed by atoms with Gasteiger partial charge < -0.3 is 10.1 Å². The van der Waals surface area contributed by atoms with Gasteiger partial charge in [-0.05, 0) is 48.4 Å². The van der Waals surface area contributed by atoms with Crippen molar-refractivity contribution in [1.82, 2.24) is 0 Å². The van der Waals surface area contributed by atoms with E-state index in [1.807, 2.05) is 13.0 Å². The molecule has 0 aromatic heterocycles. The molecule has 0 unspecified atom stereocenters. The fraction of sp³-hybridized carbons (Fsp3) is 0.111. The van der Waals surface area contributed by atoms with Gasteiger partial charge in [0.05, 0.1) is 0 Å². The molecule has 1 N–H and O–H groups in total. The van der Waals surface area contributed by atoms with E-state index in [4.69, 9.17) is 16.3 Å². The molecule has 0 radical (unpaired) electrons. The third kappa shape index (κ3) is 5.83. The highest BCUT2D eigenvalue weighted by Gasteiger charge is 2.06. The zero-order valence-corrected chi connectivity index (χ0v) is 15.2. The van der Waals surface area contributed by atoms with Crippen molar-refractivity contribution in [3.63, 3.8) is 0 Å². The van der Waals surface area contributed by atoms with Crippen LogP contribution >= 0.6 is 27.5 Å². The smallest absolute Gasteiger partial charge is 0.331 e. The van der Waals surface area contributed by atoms with Crippen LogP contribution in [0.2, 0.25) is 5.02 Å². The molecule has 0 atom stereocenters. The Morgan fingerprint density at radius 1 is 1.25 bits per heavy atom. The van der Waals surface area contributed by atoms with Crippen LogP contribution in [0.3, 0.4) is 0 Å². The van der Waals surface area contributed by atoms with Gasteiger partial charge in [-0.25, -0.2) is 4.79 Å². The Morgan fingerprint density at radius 2 is 2.04 bits per heavy atom. The summed E-state index contributed by atoms with van der Waals surface area (Å²) >= 11 is 9.25. The highest BCUT2D eigenvalue weighted by molar-refractivity contribution is 9.10. The van der Waals surface area contributed by atoms with Crippen LogP contribution in [-0.2, 0) is 14.3 Å². The molecule has 0 bridgehead atoms. The van der Waals surface area contributed by atoms with Gasteiger partial charge in [-0.1, -0.05) is 45.7 Å². The average Bonchev–Trinajstić information content (AvgIpc) is 2.54. The number of carbonyl (C=O) groups excluding carboxylic acids is 2. The predicted octanol–water partition coefficient (Wildman–Crippen LogP) is 4.61. The second kappa shape index (κ2) is 8.66. The Kier molecular flexibility index (Phi) is 6.58. The van der Waals surface area contributed by atoms with Gasteiger partial charge in [-0.2, -0.15) is 0 Å². The van der Waals surface area contributed by atoms with E-state index >= 15 is 0 Å². The number of amides is 1. The number of hydrogen-bond donors (Lipinski definition) is 1. The predicted molar refractivity (Wildman–Crippen MR) is 99.0 cm³/mol. The van der Waals surface area contributed by atoms with Crippen molar-refractivity contribution in [2.75, 3.05) is 11.9 Å². The fourth-order valence-electron chi connectivity index (χ4n) is 1.83. The Hall–Kier alpha value is -2.11. The summed E-state index contributed by atoms with van der Waals surface area (Å²) in [5.41, 5.74) is 2.46. The van der Waals surface area contributed by atoms with Gasteiger partial charge in [0.25, 0.3) is 5.91 Å². The lowest BCUT2D eigenvalue weighted by Gasteiger charge is -2.07. The van der Waals surface area contributed by atoms with Crippen LogP contribution in [0.15, 0.2) is 53.0 Å². The van der Waals surface area contributed by atoms with Crippen LogP contribution in [0, 0.1) is 6.92 Å². The van der Waals surface area contributed by atoms with Gasteiger partial charge >= 0.3 is 5.97 Å². The Labute approximate surface area is 153 Å². The Bertz CT molecular complexity index is 790. The number of benzene rings is 2. The number of carbonyl (C=O) groups is 2. The largest absolute Gasteiger partial charge is 0.452 e. The lowest BCUT2D eigenvalue weighted by Crippen LogP contribution is -2.20. The van der Waals surface area contributed by atoms with Crippen molar-refractivity contribution in [3.8, 4) is 0 Å². The first-order valence-electron chi connectivity index (χ1n) is 7.10. The number of nitrogens with one attached hydrogen (secondary N) is 1. The van der Waals surface area contributed by atoms with Crippen molar-refractivity contribution in [1.29, 1.82) is 0 Å². The summed E-state index contributed by atoms with van der Waals surface area (Å²) in [6, 6.07) is 12.5. The average molecular weight is 409 g/mol. The van der Waals surface area contributed by atoms with Crippen LogP contribution in [0.4, 0.5) is 5.69 Å². The molecule has 0 aliphatic carbocycles. The molecular formula is C18H15BrClNO3. The van der Waals surface area contributed by atoms with Gasteiger partial charge in [-0.15, -0.1) is 0 Å². The second-order valence-electron chi connectivity index (χ2n) is 5.01. The number of ether oxygens (including phenoxy) is 1. The molecule has 0 saturated heterocycles. The first kappa shape index (κ1) is 18.2. The molecule has 0 heterocycles. The highest BCUT2D eigenvalue weighted by Crippen LogP contribution is 2.20. The number of rotatable bonds is 5. The van der Waals surface area contributed by atoms with Crippen LogP contribution < -0.4 is 5.32 Å². The minimum atomic E-state index is -0.602. The van der Waals surface area contributed by atoms with E-state index in [1.54, 1.807) is 42.5 Å². The van der Waals surface area contributed by atoms with E-state index < -0.39 is 11.9 Å². The van der Waals surface area contributed by atoms with E-state index in [9.17, 15) is 9.59 Å². The zero-order valence-electron chi connectivity index (χ0n) is 12.9. The minimum Gasteiger partial charge on any atom is -0.452 e. The maximum atomic E-state index is 11.8. The second-order valence-corrected chi connectivity index (χ2v) is 6.30. The number of halogens is 2. The summed E-state index contributed by atoms with van der Waals surface area (Å²) in [5.74, 6) is -1.01. The molecule has 124 valence electrons. The maximum absolute atomic E-state index is 11.8. The minimum absolute atomic E-state index is 0.357. The number of anilines is 1. The molecule has 2 aromatic carbocycles. The molecule has 24 heavy (non-hydrogen) atoms. The summed E-state index contributed by atoms with van der Waals surface area (Å²) < 4.78 is 5.79. The van der Waals surface area contributed by atoms with Gasteiger partial charge in [0.2, 0.25) is 0 Å². The molecule has 0 aliphatic rings. The van der Waals surface area contributed by atoms with E-state index in [-0.39, 0.29) is 6.61 Å². The third-order valence-electron chi connectivity index (χ3n) is 3.06. The van der Waals surface area contributed by atoms with Crippen LogP contribution in [-0.4, -0.2) is 18.5 Å². The lowest BCUT2D eigenvalue weighted by atomic mass is 10.2. The number of esters is 1. The summed E-state index contributed by atoms with van der Waals surface area (Å²) in [5, 5.41) is 3.24. The molecule has 2 rings (SSSR count). The van der Waals surface area contributed by atoms with Gasteiger partial charge in [0.15, 0.2) is 6.61 Å². The third-order valence-corrected chi connectivity index (χ3v) is 4.15. The van der Waals surface area contributed by atoms with Crippen molar-refractivity contribution in [2.45, 2.75) is 6.92 Å². The van der Waals surface area contributed by atoms with Gasteiger partial charge in [-0.3, -0.25) is 4.79 Å². The first-order chi connectivity index (χ1) is 11.4. The first-order valence-corrected chi connectivity index (χ1v) is 8.27. The van der Waals surface area contributed by atoms with Gasteiger partial charge in [0, 0.05) is 21.3 Å². The summed E-state index contributed by atoms with van der Waals surface area (Å²) in [7, 11) is 0. The summed E-state index contributed by atoms with van der Waals surface area (Å²) in [4.78, 5) is 23.4. The van der Waals surface area contributed by atoms with E-state index in [2.05, 4.69) is 21.2 Å². The maximum Gasteiger partial charge on any atom is 0.331 e. The quantitative estimate of drug-likeness (QED) is 0.581. The van der Waals surface area contributed by atoms with Crippen molar-refractivity contribution in [3.05, 3.63) is 69.2 Å². The Balaban J connectivity index is 1.82. The lowest BCUT2D eigenvalue weighted by molar-refractivity contribution is -0.142. The van der Waals surface area contributed by atoms with Crippen molar-refractivity contribution < 1.29 is 14.3 Å². The molecule has 0 fully saturated rings. The van der Waals surface area contributed by atoms with Crippen LogP contribution in [0.1, 0.15) is 11.1 Å². The molecule has 4 nitrogen and oxygen atoms in total. The molecule has 6 heteroatoms. The normalized spacial score (nSPS) is 10.6. The van der Waals surface area contributed by atoms with Crippen molar-refractivity contribution >= 4 is 51.2 Å². The molecule has 0 saturated carbocycles. The van der Waals surface area contributed by atoms with Crippen LogP contribution in [0.5, 0.6) is 0 Å². The van der Waals surface area contributed by atoms with E-state index in [1.165, 1.54) is 6.08 Å². The van der Waals surface area contributed by atoms with Gasteiger partial charge in [0.1, 0.15) is 0 Å². The van der Waals surface area contributed by atoms with E-state index in [0.717, 1.165) is 15.6 Å². The zero-order chi connectivity index (χ0) is 17.5. The topological polar surface area (TPSA) is 55.4 Å². The number of aryl methyl sites for hydroxylation is 1. The molecule has 0 aliphatic heterocycles. The molecule has 1 amide bonds. The number of hydrogen-bond acceptors (Lipinski definition) is 3.